The van der Waals surface area contributed by atoms with Crippen LogP contribution in [0, 0.1) is 0 Å². The zero-order valence-corrected chi connectivity index (χ0v) is 25.6. The molecule has 0 saturated carbocycles. The number of esters is 1. The standard InChI is InChI=1S/C26H28N4O4.2C2HF3O2/c1-4-32-26(31)20-13-23-25(28-16-20)30-24(29-23)19-11-21(14-22(12-19)34-17(2)3)33-10-6-8-18-7-5-9-27-15-18;2*3-2(4,5)1(6)7/h5,7,9,11-17H,4,6,8,10H2,1-3H3,(H,28,29,30);2*(H,6,7). The Morgan fingerprint density at radius 2 is 1.56 bits per heavy atom. The van der Waals surface area contributed by atoms with Crippen molar-refractivity contribution in [2.75, 3.05) is 13.2 Å². The minimum absolute atomic E-state index is 0.0122. The molecule has 3 heterocycles. The number of carboxylic acids is 2. The number of ether oxygens (including phenoxy) is 3. The van der Waals surface area contributed by atoms with Crippen molar-refractivity contribution in [2.24, 2.45) is 0 Å². The summed E-state index contributed by atoms with van der Waals surface area (Å²) in [4.78, 5) is 46.1. The Kier molecular flexibility index (Phi) is 14.1. The van der Waals surface area contributed by atoms with Gasteiger partial charge in [-0.2, -0.15) is 26.3 Å². The lowest BCUT2D eigenvalue weighted by atomic mass is 10.1. The van der Waals surface area contributed by atoms with Crippen molar-refractivity contribution < 1.29 is 65.1 Å². The van der Waals surface area contributed by atoms with E-state index in [1.807, 2.05) is 44.3 Å². The molecule has 3 aromatic heterocycles. The summed E-state index contributed by atoms with van der Waals surface area (Å²) in [5, 5.41) is 14.2. The van der Waals surface area contributed by atoms with Crippen molar-refractivity contribution in [3.8, 4) is 22.9 Å². The molecule has 0 aliphatic rings. The summed E-state index contributed by atoms with van der Waals surface area (Å²) in [6.07, 6.45) is -3.29. The average molecular weight is 689 g/mol. The van der Waals surface area contributed by atoms with Crippen LogP contribution in [0.25, 0.3) is 22.6 Å². The number of nitrogens with zero attached hydrogens (tertiary/aromatic N) is 3. The quantitative estimate of drug-likeness (QED) is 0.0975. The minimum Gasteiger partial charge on any atom is -0.493 e. The third kappa shape index (κ3) is 13.1. The fraction of sp³-hybridized carbons (Fsp3) is 0.333. The van der Waals surface area contributed by atoms with Crippen molar-refractivity contribution in [1.29, 1.82) is 0 Å². The molecule has 0 fully saturated rings. The molecule has 0 spiro atoms. The van der Waals surface area contributed by atoms with Gasteiger partial charge in [0.25, 0.3) is 0 Å². The number of rotatable bonds is 10. The zero-order chi connectivity index (χ0) is 36.1. The van der Waals surface area contributed by atoms with E-state index in [0.29, 0.717) is 47.3 Å². The average Bonchev–Trinajstić information content (AvgIpc) is 3.43. The second kappa shape index (κ2) is 17.5. The number of benzene rings is 1. The summed E-state index contributed by atoms with van der Waals surface area (Å²) in [6, 6.07) is 11.4. The third-order valence-corrected chi connectivity index (χ3v) is 5.46. The van der Waals surface area contributed by atoms with Gasteiger partial charge in [-0.25, -0.2) is 24.4 Å². The molecule has 3 N–H and O–H groups in total. The molecule has 0 atom stereocenters. The predicted molar refractivity (Wildman–Crippen MR) is 156 cm³/mol. The Bertz CT molecular complexity index is 1640. The Morgan fingerprint density at radius 1 is 0.938 bits per heavy atom. The largest absolute Gasteiger partial charge is 0.493 e. The molecule has 0 aliphatic carbocycles. The summed E-state index contributed by atoms with van der Waals surface area (Å²) in [7, 11) is 0. The number of aliphatic carboxylic acids is 2. The molecule has 260 valence electrons. The molecule has 4 aromatic rings. The maximum Gasteiger partial charge on any atom is 0.490 e. The highest BCUT2D eigenvalue weighted by atomic mass is 19.4. The van der Waals surface area contributed by atoms with Gasteiger partial charge in [-0.1, -0.05) is 6.07 Å². The smallest absolute Gasteiger partial charge is 0.490 e. The first-order chi connectivity index (χ1) is 22.4. The molecular formula is C30H30F6N4O8. The van der Waals surface area contributed by atoms with E-state index in [0.717, 1.165) is 18.4 Å². The third-order valence-electron chi connectivity index (χ3n) is 5.46. The van der Waals surface area contributed by atoms with E-state index < -0.39 is 30.3 Å². The number of carbonyl (C=O) groups is 3. The van der Waals surface area contributed by atoms with Crippen LogP contribution in [0.4, 0.5) is 26.3 Å². The van der Waals surface area contributed by atoms with Crippen LogP contribution in [0.3, 0.4) is 0 Å². The fourth-order valence-corrected chi connectivity index (χ4v) is 3.51. The normalized spacial score (nSPS) is 11.1. The van der Waals surface area contributed by atoms with Gasteiger partial charge in [-0.15, -0.1) is 0 Å². The lowest BCUT2D eigenvalue weighted by Crippen LogP contribution is -2.21. The number of carboxylic acid groups (broad SMARTS) is 2. The number of H-pyrrole nitrogens is 1. The summed E-state index contributed by atoms with van der Waals surface area (Å²) >= 11 is 0. The lowest BCUT2D eigenvalue weighted by molar-refractivity contribution is -0.193. The van der Waals surface area contributed by atoms with E-state index in [1.54, 1.807) is 19.2 Å². The van der Waals surface area contributed by atoms with Crippen molar-refractivity contribution in [3.63, 3.8) is 0 Å². The number of aromatic amines is 1. The van der Waals surface area contributed by atoms with Crippen molar-refractivity contribution >= 4 is 29.1 Å². The molecule has 0 saturated heterocycles. The van der Waals surface area contributed by atoms with E-state index in [-0.39, 0.29) is 6.10 Å². The number of nitrogens with one attached hydrogen (secondary N) is 1. The van der Waals surface area contributed by atoms with Crippen LogP contribution in [0.15, 0.2) is 55.0 Å². The van der Waals surface area contributed by atoms with Gasteiger partial charge >= 0.3 is 30.3 Å². The number of alkyl halides is 6. The Labute approximate surface area is 268 Å². The maximum atomic E-state index is 12.0. The first-order valence-corrected chi connectivity index (χ1v) is 13.9. The number of carbonyl (C=O) groups excluding carboxylic acids is 1. The fourth-order valence-electron chi connectivity index (χ4n) is 3.51. The second-order valence-corrected chi connectivity index (χ2v) is 9.68. The number of pyridine rings is 2. The molecule has 0 bridgehead atoms. The van der Waals surface area contributed by atoms with Gasteiger partial charge in [0.2, 0.25) is 0 Å². The van der Waals surface area contributed by atoms with Crippen LogP contribution >= 0.6 is 0 Å². The van der Waals surface area contributed by atoms with Crippen LogP contribution in [-0.4, -0.2) is 79.7 Å². The molecule has 18 heteroatoms. The first-order valence-electron chi connectivity index (χ1n) is 13.9. The highest BCUT2D eigenvalue weighted by molar-refractivity contribution is 5.92. The van der Waals surface area contributed by atoms with Crippen molar-refractivity contribution in [1.82, 2.24) is 19.9 Å². The van der Waals surface area contributed by atoms with E-state index in [4.69, 9.17) is 34.0 Å². The second-order valence-electron chi connectivity index (χ2n) is 9.68. The molecule has 1 aromatic carbocycles. The monoisotopic (exact) mass is 688 g/mol. The first kappa shape index (κ1) is 38.8. The van der Waals surface area contributed by atoms with Gasteiger partial charge in [0.1, 0.15) is 17.3 Å². The molecule has 0 aliphatic heterocycles. The summed E-state index contributed by atoms with van der Waals surface area (Å²) < 4.78 is 80.5. The number of aryl methyl sites for hydroxylation is 1. The SMILES string of the molecule is CCOC(=O)c1cnc2nc(-c3cc(OCCCc4cccnc4)cc(OC(C)C)c3)[nH]c2c1.O=C(O)C(F)(F)F.O=C(O)C(F)(F)F. The van der Waals surface area contributed by atoms with Crippen LogP contribution in [0.5, 0.6) is 11.5 Å². The molecule has 0 radical (unpaired) electrons. The highest BCUT2D eigenvalue weighted by Crippen LogP contribution is 2.30. The van der Waals surface area contributed by atoms with Gasteiger partial charge in [-0.05, 0) is 63.4 Å². The van der Waals surface area contributed by atoms with E-state index in [1.165, 1.54) is 11.8 Å². The molecule has 48 heavy (non-hydrogen) atoms. The van der Waals surface area contributed by atoms with E-state index in [2.05, 4.69) is 26.0 Å². The van der Waals surface area contributed by atoms with Gasteiger partial charge in [0.15, 0.2) is 5.65 Å². The minimum atomic E-state index is -5.08. The zero-order valence-electron chi connectivity index (χ0n) is 25.6. The van der Waals surface area contributed by atoms with Crippen LogP contribution in [0.1, 0.15) is 43.1 Å². The number of imidazole rings is 1. The summed E-state index contributed by atoms with van der Waals surface area (Å²) in [6.45, 7) is 6.58. The van der Waals surface area contributed by atoms with Gasteiger partial charge in [0, 0.05) is 30.2 Å². The predicted octanol–water partition coefficient (Wildman–Crippen LogP) is 6.26. The van der Waals surface area contributed by atoms with E-state index >= 15 is 0 Å². The van der Waals surface area contributed by atoms with Gasteiger partial charge < -0.3 is 29.4 Å². The highest BCUT2D eigenvalue weighted by Gasteiger charge is 2.38. The van der Waals surface area contributed by atoms with Crippen LogP contribution in [0.2, 0.25) is 0 Å². The Hall–Kier alpha value is -5.42. The summed E-state index contributed by atoms with van der Waals surface area (Å²) in [5.41, 5.74) is 3.52. The van der Waals surface area contributed by atoms with E-state index in [9.17, 15) is 31.1 Å². The topological polar surface area (TPSA) is 174 Å². The molecule has 4 rings (SSSR count). The maximum absolute atomic E-state index is 12.0. The molecule has 0 unspecified atom stereocenters. The number of fused-ring (bicyclic) bond motifs is 1. The van der Waals surface area contributed by atoms with Crippen molar-refractivity contribution in [2.45, 2.75) is 52.1 Å². The number of hydrogen-bond donors (Lipinski definition) is 3. The summed E-state index contributed by atoms with van der Waals surface area (Å²) in [5.74, 6) is -3.93. The number of aromatic nitrogens is 4. The molecule has 12 nitrogen and oxygen atoms in total. The van der Waals surface area contributed by atoms with Crippen molar-refractivity contribution in [3.05, 3.63) is 66.1 Å². The Morgan fingerprint density at radius 3 is 2.10 bits per heavy atom. The number of hydrogen-bond acceptors (Lipinski definition) is 9. The molecular weight excluding hydrogens is 658 g/mol. The number of halogens is 6. The lowest BCUT2D eigenvalue weighted by Gasteiger charge is -2.13. The van der Waals surface area contributed by atoms with Gasteiger partial charge in [-0.3, -0.25) is 4.98 Å². The van der Waals surface area contributed by atoms with Crippen LogP contribution in [-0.2, 0) is 20.7 Å². The van der Waals surface area contributed by atoms with Crippen LogP contribution < -0.4 is 9.47 Å². The van der Waals surface area contributed by atoms with Gasteiger partial charge in [0.05, 0.1) is 30.4 Å². The molecule has 0 amide bonds. The Balaban J connectivity index is 0.000000479.